The summed E-state index contributed by atoms with van der Waals surface area (Å²) in [5, 5.41) is 0.698. The Labute approximate surface area is 175 Å². The first-order valence-electron chi connectivity index (χ1n) is 9.88. The molecule has 1 aliphatic rings. The number of carbonyl (C=O) groups excluding carboxylic acids is 1. The Morgan fingerprint density at radius 2 is 2.00 bits per heavy atom. The number of hydrogen-bond acceptors (Lipinski definition) is 3. The van der Waals surface area contributed by atoms with Gasteiger partial charge in [0.15, 0.2) is 0 Å². The van der Waals surface area contributed by atoms with Crippen LogP contribution in [0.5, 0.6) is 5.75 Å². The highest BCUT2D eigenvalue weighted by atomic mass is 35.5. The monoisotopic (exact) mass is 409 g/mol. The number of nitrogens with zero attached hydrogens (tertiary/aromatic N) is 3. The molecule has 0 N–H and O–H groups in total. The standard InChI is InChI=1S/C23H24ClN3O2/c1-2-12-26-16-17(15-22(26)28)23-25-20-6-3-4-7-21(20)27(23)13-5-14-29-19-10-8-18(24)9-11-19/h2-4,6-11,17H,1,5,12-16H2/t17-/m1/s1. The molecule has 0 bridgehead atoms. The van der Waals surface area contributed by atoms with Crippen LogP contribution in [-0.4, -0.2) is 40.1 Å². The lowest BCUT2D eigenvalue weighted by atomic mass is 10.1. The molecule has 4 rings (SSSR count). The van der Waals surface area contributed by atoms with Crippen molar-refractivity contribution in [3.05, 3.63) is 72.0 Å². The van der Waals surface area contributed by atoms with Gasteiger partial charge in [-0.1, -0.05) is 29.8 Å². The Kier molecular flexibility index (Phi) is 5.86. The van der Waals surface area contributed by atoms with Crippen molar-refractivity contribution in [2.75, 3.05) is 19.7 Å². The molecule has 0 saturated carbocycles. The molecule has 1 amide bonds. The molecule has 29 heavy (non-hydrogen) atoms. The van der Waals surface area contributed by atoms with Crippen molar-refractivity contribution in [1.82, 2.24) is 14.5 Å². The van der Waals surface area contributed by atoms with Crippen LogP contribution >= 0.6 is 11.6 Å². The predicted octanol–water partition coefficient (Wildman–Crippen LogP) is 4.66. The molecule has 0 spiro atoms. The lowest BCUT2D eigenvalue weighted by Crippen LogP contribution is -2.25. The maximum atomic E-state index is 12.3. The second-order valence-electron chi connectivity index (χ2n) is 7.25. The van der Waals surface area contributed by atoms with Crippen molar-refractivity contribution >= 4 is 28.5 Å². The van der Waals surface area contributed by atoms with E-state index in [4.69, 9.17) is 21.3 Å². The van der Waals surface area contributed by atoms with Gasteiger partial charge in [0.05, 0.1) is 17.6 Å². The van der Waals surface area contributed by atoms with Gasteiger partial charge in [-0.3, -0.25) is 4.79 Å². The molecule has 2 aromatic carbocycles. The topological polar surface area (TPSA) is 47.4 Å². The fourth-order valence-corrected chi connectivity index (χ4v) is 3.99. The summed E-state index contributed by atoms with van der Waals surface area (Å²) in [6.45, 7) is 6.41. The molecule has 1 atom stereocenters. The second kappa shape index (κ2) is 8.70. The third-order valence-corrected chi connectivity index (χ3v) is 5.47. The SMILES string of the molecule is C=CCN1C[C@H](c2nc3ccccc3n2CCCOc2ccc(Cl)cc2)CC1=O. The lowest BCUT2D eigenvalue weighted by Gasteiger charge is -2.16. The molecular weight excluding hydrogens is 386 g/mol. The summed E-state index contributed by atoms with van der Waals surface area (Å²) in [6, 6.07) is 15.5. The number of rotatable bonds is 8. The fourth-order valence-electron chi connectivity index (χ4n) is 3.86. The van der Waals surface area contributed by atoms with Crippen molar-refractivity contribution < 1.29 is 9.53 Å². The summed E-state index contributed by atoms with van der Waals surface area (Å²) in [5.41, 5.74) is 2.07. The number of para-hydroxylation sites is 2. The molecule has 6 heteroatoms. The molecule has 2 heterocycles. The van der Waals surface area contributed by atoms with Gasteiger partial charge in [0.25, 0.3) is 0 Å². The number of ether oxygens (including phenoxy) is 1. The summed E-state index contributed by atoms with van der Waals surface area (Å²) in [5.74, 6) is 2.07. The van der Waals surface area contributed by atoms with E-state index >= 15 is 0 Å². The quantitative estimate of drug-likeness (QED) is 0.401. The molecule has 150 valence electrons. The number of fused-ring (bicyclic) bond motifs is 1. The molecule has 1 saturated heterocycles. The van der Waals surface area contributed by atoms with E-state index in [0.29, 0.717) is 31.1 Å². The van der Waals surface area contributed by atoms with Gasteiger partial charge in [-0.05, 0) is 42.8 Å². The van der Waals surface area contributed by atoms with Gasteiger partial charge in [0.1, 0.15) is 11.6 Å². The summed E-state index contributed by atoms with van der Waals surface area (Å²) in [4.78, 5) is 19.1. The molecule has 1 aliphatic heterocycles. The average molecular weight is 410 g/mol. The highest BCUT2D eigenvalue weighted by molar-refractivity contribution is 6.30. The largest absolute Gasteiger partial charge is 0.494 e. The first-order chi connectivity index (χ1) is 14.2. The minimum atomic E-state index is 0.104. The number of aromatic nitrogens is 2. The second-order valence-corrected chi connectivity index (χ2v) is 7.69. The van der Waals surface area contributed by atoms with E-state index in [1.807, 2.05) is 47.4 Å². The molecule has 1 aromatic heterocycles. The predicted molar refractivity (Wildman–Crippen MR) is 115 cm³/mol. The van der Waals surface area contributed by atoms with Gasteiger partial charge in [-0.15, -0.1) is 6.58 Å². The molecule has 3 aromatic rings. The van der Waals surface area contributed by atoms with Crippen LogP contribution in [0.25, 0.3) is 11.0 Å². The average Bonchev–Trinajstić information content (AvgIpc) is 3.27. The minimum Gasteiger partial charge on any atom is -0.494 e. The van der Waals surface area contributed by atoms with Gasteiger partial charge in [0, 0.05) is 37.0 Å². The van der Waals surface area contributed by atoms with Crippen molar-refractivity contribution in [1.29, 1.82) is 0 Å². The Morgan fingerprint density at radius 3 is 2.79 bits per heavy atom. The molecule has 1 fully saturated rings. The number of carbonyl (C=O) groups is 1. The van der Waals surface area contributed by atoms with Gasteiger partial charge < -0.3 is 14.2 Å². The minimum absolute atomic E-state index is 0.104. The highest BCUT2D eigenvalue weighted by Gasteiger charge is 2.33. The highest BCUT2D eigenvalue weighted by Crippen LogP contribution is 2.30. The van der Waals surface area contributed by atoms with Crippen molar-refractivity contribution in [2.45, 2.75) is 25.3 Å². The summed E-state index contributed by atoms with van der Waals surface area (Å²) in [6.07, 6.45) is 3.11. The number of amides is 1. The van der Waals surface area contributed by atoms with Crippen LogP contribution in [0.3, 0.4) is 0 Å². The Morgan fingerprint density at radius 1 is 1.21 bits per heavy atom. The van der Waals surface area contributed by atoms with Crippen LogP contribution in [0.15, 0.2) is 61.2 Å². The molecule has 5 nitrogen and oxygen atoms in total. The smallest absolute Gasteiger partial charge is 0.223 e. The molecule has 0 aliphatic carbocycles. The van der Waals surface area contributed by atoms with Gasteiger partial charge in [-0.2, -0.15) is 0 Å². The van der Waals surface area contributed by atoms with Crippen molar-refractivity contribution in [2.24, 2.45) is 0 Å². The van der Waals surface area contributed by atoms with Crippen molar-refractivity contribution in [3.63, 3.8) is 0 Å². The third kappa shape index (κ3) is 4.30. The molecular formula is C23H24ClN3O2. The Balaban J connectivity index is 1.49. The maximum absolute atomic E-state index is 12.3. The summed E-state index contributed by atoms with van der Waals surface area (Å²) in [7, 11) is 0. The first-order valence-corrected chi connectivity index (χ1v) is 10.3. The van der Waals surface area contributed by atoms with Crippen LogP contribution in [0.4, 0.5) is 0 Å². The van der Waals surface area contributed by atoms with Crippen LogP contribution < -0.4 is 4.74 Å². The van der Waals surface area contributed by atoms with Crippen LogP contribution in [-0.2, 0) is 11.3 Å². The fraction of sp³-hybridized carbons (Fsp3) is 0.304. The Hall–Kier alpha value is -2.79. The van der Waals surface area contributed by atoms with E-state index in [-0.39, 0.29) is 11.8 Å². The van der Waals surface area contributed by atoms with E-state index in [1.165, 1.54) is 0 Å². The zero-order chi connectivity index (χ0) is 20.2. The number of likely N-dealkylation sites (tertiary alicyclic amines) is 1. The van der Waals surface area contributed by atoms with Gasteiger partial charge >= 0.3 is 0 Å². The number of aryl methyl sites for hydroxylation is 1. The molecule has 0 radical (unpaired) electrons. The Bertz CT molecular complexity index is 1010. The van der Waals surface area contributed by atoms with Crippen LogP contribution in [0.2, 0.25) is 5.02 Å². The number of benzene rings is 2. The normalized spacial score (nSPS) is 16.5. The van der Waals surface area contributed by atoms with E-state index < -0.39 is 0 Å². The summed E-state index contributed by atoms with van der Waals surface area (Å²) < 4.78 is 8.08. The first kappa shape index (κ1) is 19.5. The molecule has 0 unspecified atom stereocenters. The van der Waals surface area contributed by atoms with Gasteiger partial charge in [0.2, 0.25) is 5.91 Å². The van der Waals surface area contributed by atoms with E-state index in [0.717, 1.165) is 35.6 Å². The van der Waals surface area contributed by atoms with Crippen molar-refractivity contribution in [3.8, 4) is 5.75 Å². The lowest BCUT2D eigenvalue weighted by molar-refractivity contribution is -0.127. The van der Waals surface area contributed by atoms with Crippen LogP contribution in [0, 0.1) is 0 Å². The zero-order valence-electron chi connectivity index (χ0n) is 16.3. The third-order valence-electron chi connectivity index (χ3n) is 5.22. The zero-order valence-corrected chi connectivity index (χ0v) is 17.0. The number of hydrogen-bond donors (Lipinski definition) is 0. The van der Waals surface area contributed by atoms with Crippen LogP contribution in [0.1, 0.15) is 24.6 Å². The number of halogens is 1. The maximum Gasteiger partial charge on any atom is 0.223 e. The van der Waals surface area contributed by atoms with E-state index in [9.17, 15) is 4.79 Å². The number of imidazole rings is 1. The summed E-state index contributed by atoms with van der Waals surface area (Å²) >= 11 is 5.92. The van der Waals surface area contributed by atoms with E-state index in [2.05, 4.69) is 17.2 Å². The van der Waals surface area contributed by atoms with E-state index in [1.54, 1.807) is 6.08 Å². The van der Waals surface area contributed by atoms with Gasteiger partial charge in [-0.25, -0.2) is 4.98 Å².